The lowest BCUT2D eigenvalue weighted by molar-refractivity contribution is 0.0697. The van der Waals surface area contributed by atoms with Gasteiger partial charge in [-0.15, -0.1) is 0 Å². The summed E-state index contributed by atoms with van der Waals surface area (Å²) in [6, 6.07) is 1.43. The summed E-state index contributed by atoms with van der Waals surface area (Å²) in [6.07, 6.45) is 3.61. The number of aromatic nitrogens is 1. The first-order valence-electron chi connectivity index (χ1n) is 5.41. The molecule has 92 valence electrons. The summed E-state index contributed by atoms with van der Waals surface area (Å²) in [5, 5.41) is 12.1. The summed E-state index contributed by atoms with van der Waals surface area (Å²) in [7, 11) is 0. The highest BCUT2D eigenvalue weighted by molar-refractivity contribution is 6.33. The fourth-order valence-electron chi connectivity index (χ4n) is 1.72. The van der Waals surface area contributed by atoms with Crippen LogP contribution in [0.4, 0.5) is 5.82 Å². The first-order valence-corrected chi connectivity index (χ1v) is 5.79. The van der Waals surface area contributed by atoms with E-state index in [2.05, 4.69) is 10.3 Å². The van der Waals surface area contributed by atoms with Crippen LogP contribution in [0, 0.1) is 0 Å². The molecule has 1 aliphatic rings. The molecule has 1 aromatic rings. The molecule has 1 saturated heterocycles. The van der Waals surface area contributed by atoms with Gasteiger partial charge in [0.15, 0.2) is 0 Å². The fourth-order valence-corrected chi connectivity index (χ4v) is 1.91. The van der Waals surface area contributed by atoms with Gasteiger partial charge in [-0.2, -0.15) is 0 Å². The second-order valence-electron chi connectivity index (χ2n) is 3.87. The van der Waals surface area contributed by atoms with E-state index in [9.17, 15) is 4.79 Å². The molecule has 0 radical (unpaired) electrons. The molecule has 17 heavy (non-hydrogen) atoms. The average Bonchev–Trinajstić information content (AvgIpc) is 2.80. The lowest BCUT2D eigenvalue weighted by Gasteiger charge is -2.11. The van der Waals surface area contributed by atoms with Crippen LogP contribution in [0.15, 0.2) is 12.3 Å². The number of carboxylic acids is 1. The van der Waals surface area contributed by atoms with Crippen LogP contribution >= 0.6 is 11.6 Å². The van der Waals surface area contributed by atoms with Gasteiger partial charge in [-0.25, -0.2) is 9.78 Å². The van der Waals surface area contributed by atoms with E-state index in [0.29, 0.717) is 12.4 Å². The monoisotopic (exact) mass is 256 g/mol. The average molecular weight is 257 g/mol. The van der Waals surface area contributed by atoms with E-state index >= 15 is 0 Å². The summed E-state index contributed by atoms with van der Waals surface area (Å²) in [5.41, 5.74) is 0.0523. The van der Waals surface area contributed by atoms with Crippen molar-refractivity contribution in [3.63, 3.8) is 0 Å². The fraction of sp³-hybridized carbons (Fsp3) is 0.455. The van der Waals surface area contributed by atoms with Crippen molar-refractivity contribution in [1.82, 2.24) is 4.98 Å². The molecule has 0 saturated carbocycles. The van der Waals surface area contributed by atoms with Crippen molar-refractivity contribution in [3.05, 3.63) is 22.8 Å². The van der Waals surface area contributed by atoms with Gasteiger partial charge in [-0.05, 0) is 18.9 Å². The lowest BCUT2D eigenvalue weighted by Crippen LogP contribution is -2.19. The number of hydrogen-bond donors (Lipinski definition) is 2. The van der Waals surface area contributed by atoms with E-state index in [0.717, 1.165) is 19.4 Å². The van der Waals surface area contributed by atoms with Gasteiger partial charge in [0, 0.05) is 19.3 Å². The highest BCUT2D eigenvalue weighted by Crippen LogP contribution is 2.19. The first kappa shape index (κ1) is 12.1. The lowest BCUT2D eigenvalue weighted by atomic mass is 10.2. The third-order valence-electron chi connectivity index (χ3n) is 2.62. The number of rotatable bonds is 4. The van der Waals surface area contributed by atoms with Crippen LogP contribution in [-0.4, -0.2) is 35.3 Å². The maximum absolute atomic E-state index is 10.9. The molecule has 1 unspecified atom stereocenters. The third kappa shape index (κ3) is 3.08. The number of carboxylic acid groups (broad SMARTS) is 1. The molecule has 0 aliphatic carbocycles. The topological polar surface area (TPSA) is 71.5 Å². The van der Waals surface area contributed by atoms with E-state index in [-0.39, 0.29) is 16.7 Å². The summed E-state index contributed by atoms with van der Waals surface area (Å²) >= 11 is 5.72. The Bertz CT molecular complexity index is 419. The third-order valence-corrected chi connectivity index (χ3v) is 2.92. The molecule has 2 heterocycles. The highest BCUT2D eigenvalue weighted by Gasteiger charge is 2.16. The Kier molecular flexibility index (Phi) is 3.81. The van der Waals surface area contributed by atoms with Gasteiger partial charge in [-0.1, -0.05) is 11.6 Å². The maximum atomic E-state index is 10.9. The zero-order valence-corrected chi connectivity index (χ0v) is 9.91. The minimum absolute atomic E-state index is 0.0523. The molecular formula is C11H13ClN2O3. The van der Waals surface area contributed by atoms with Crippen molar-refractivity contribution in [2.75, 3.05) is 18.5 Å². The largest absolute Gasteiger partial charge is 0.478 e. The SMILES string of the molecule is O=C(O)c1cc(NCC2CCCO2)ncc1Cl. The molecule has 1 fully saturated rings. The van der Waals surface area contributed by atoms with Crippen LogP contribution in [0.1, 0.15) is 23.2 Å². The van der Waals surface area contributed by atoms with Crippen LogP contribution in [0.5, 0.6) is 0 Å². The molecule has 1 aromatic heterocycles. The van der Waals surface area contributed by atoms with Crippen molar-refractivity contribution < 1.29 is 14.6 Å². The van der Waals surface area contributed by atoms with Crippen molar-refractivity contribution in [2.45, 2.75) is 18.9 Å². The Morgan fingerprint density at radius 3 is 3.18 bits per heavy atom. The van der Waals surface area contributed by atoms with Crippen molar-refractivity contribution in [1.29, 1.82) is 0 Å². The van der Waals surface area contributed by atoms with E-state index in [1.54, 1.807) is 0 Å². The van der Waals surface area contributed by atoms with E-state index in [4.69, 9.17) is 21.4 Å². The first-order chi connectivity index (χ1) is 8.16. The summed E-state index contributed by atoms with van der Waals surface area (Å²) < 4.78 is 5.44. The number of carbonyl (C=O) groups is 1. The minimum Gasteiger partial charge on any atom is -0.478 e. The van der Waals surface area contributed by atoms with Gasteiger partial charge in [0.1, 0.15) is 5.82 Å². The highest BCUT2D eigenvalue weighted by atomic mass is 35.5. The van der Waals surface area contributed by atoms with Gasteiger partial charge < -0.3 is 15.2 Å². The molecule has 2 N–H and O–H groups in total. The Labute approximate surface area is 104 Å². The minimum atomic E-state index is -1.06. The summed E-state index contributed by atoms with van der Waals surface area (Å²) in [6.45, 7) is 1.43. The van der Waals surface area contributed by atoms with Gasteiger partial charge in [0.05, 0.1) is 16.7 Å². The molecule has 0 aromatic carbocycles. The van der Waals surface area contributed by atoms with E-state index in [1.165, 1.54) is 12.3 Å². The number of aromatic carboxylic acids is 1. The zero-order valence-electron chi connectivity index (χ0n) is 9.15. The zero-order chi connectivity index (χ0) is 12.3. The van der Waals surface area contributed by atoms with Crippen LogP contribution < -0.4 is 5.32 Å². The van der Waals surface area contributed by atoms with Crippen molar-refractivity contribution in [2.24, 2.45) is 0 Å². The molecule has 1 aliphatic heterocycles. The number of anilines is 1. The Balaban J connectivity index is 2.00. The molecular weight excluding hydrogens is 244 g/mol. The molecule has 0 spiro atoms. The number of ether oxygens (including phenoxy) is 1. The van der Waals surface area contributed by atoms with Gasteiger partial charge in [0.25, 0.3) is 0 Å². The van der Waals surface area contributed by atoms with Crippen molar-refractivity contribution in [3.8, 4) is 0 Å². The predicted octanol–water partition coefficient (Wildman–Crippen LogP) is 2.02. The predicted molar refractivity (Wildman–Crippen MR) is 63.7 cm³/mol. The second-order valence-corrected chi connectivity index (χ2v) is 4.28. The molecule has 6 heteroatoms. The normalized spacial score (nSPS) is 19.2. The quantitative estimate of drug-likeness (QED) is 0.862. The molecule has 0 bridgehead atoms. The molecule has 0 amide bonds. The summed E-state index contributed by atoms with van der Waals surface area (Å²) in [5.74, 6) is -0.556. The van der Waals surface area contributed by atoms with Crippen LogP contribution in [0.25, 0.3) is 0 Å². The summed E-state index contributed by atoms with van der Waals surface area (Å²) in [4.78, 5) is 14.9. The Morgan fingerprint density at radius 2 is 2.53 bits per heavy atom. The Morgan fingerprint density at radius 1 is 1.71 bits per heavy atom. The van der Waals surface area contributed by atoms with Crippen molar-refractivity contribution >= 4 is 23.4 Å². The number of nitrogens with one attached hydrogen (secondary N) is 1. The maximum Gasteiger partial charge on any atom is 0.337 e. The van der Waals surface area contributed by atoms with Crippen LogP contribution in [0.2, 0.25) is 5.02 Å². The van der Waals surface area contributed by atoms with Gasteiger partial charge in [-0.3, -0.25) is 0 Å². The number of halogens is 1. The van der Waals surface area contributed by atoms with E-state index in [1.807, 2.05) is 0 Å². The Hall–Kier alpha value is -1.33. The molecule has 5 nitrogen and oxygen atoms in total. The standard InChI is InChI=1S/C11H13ClN2O3/c12-9-6-14-10(4-8(9)11(15)16)13-5-7-2-1-3-17-7/h4,6-7H,1-3,5H2,(H,13,14)(H,15,16). The number of pyridine rings is 1. The van der Waals surface area contributed by atoms with Crippen LogP contribution in [-0.2, 0) is 4.74 Å². The number of hydrogen-bond acceptors (Lipinski definition) is 4. The molecule has 1 atom stereocenters. The van der Waals surface area contributed by atoms with Gasteiger partial charge >= 0.3 is 5.97 Å². The number of nitrogens with zero attached hydrogens (tertiary/aromatic N) is 1. The molecule has 2 rings (SSSR count). The van der Waals surface area contributed by atoms with Gasteiger partial charge in [0.2, 0.25) is 0 Å². The second kappa shape index (κ2) is 5.33. The van der Waals surface area contributed by atoms with Crippen LogP contribution in [0.3, 0.4) is 0 Å². The van der Waals surface area contributed by atoms with E-state index < -0.39 is 5.97 Å². The smallest absolute Gasteiger partial charge is 0.337 e.